The normalized spacial score (nSPS) is 16.7. The molecule has 0 saturated carbocycles. The highest BCUT2D eigenvalue weighted by Crippen LogP contribution is 2.23. The molecule has 0 spiro atoms. The van der Waals surface area contributed by atoms with Gasteiger partial charge in [0.05, 0.1) is 5.69 Å². The van der Waals surface area contributed by atoms with Crippen LogP contribution in [0.2, 0.25) is 0 Å². The van der Waals surface area contributed by atoms with Gasteiger partial charge in [-0.3, -0.25) is 14.8 Å². The molecule has 26 heavy (non-hydrogen) atoms. The van der Waals surface area contributed by atoms with Crippen LogP contribution in [0.1, 0.15) is 23.2 Å². The van der Waals surface area contributed by atoms with Crippen LogP contribution in [-0.2, 0) is 19.4 Å². The molecule has 0 fully saturated rings. The molecule has 4 nitrogen and oxygen atoms in total. The summed E-state index contributed by atoms with van der Waals surface area (Å²) in [7, 11) is 2.16. The van der Waals surface area contributed by atoms with Crippen molar-refractivity contribution in [2.24, 2.45) is 0 Å². The average Bonchev–Trinajstić information content (AvgIpc) is 2.99. The lowest BCUT2D eigenvalue weighted by molar-refractivity contribution is 0.213. The molecule has 1 heterocycles. The molecular formula is C21H22BrN3O. The Balaban J connectivity index is 1.55. The fourth-order valence-electron chi connectivity index (χ4n) is 3.73. The molecule has 1 N–H and O–H groups in total. The fraction of sp³-hybridized carbons (Fsp3) is 0.286. The Morgan fingerprint density at radius 2 is 1.88 bits per heavy atom. The summed E-state index contributed by atoms with van der Waals surface area (Å²) in [6.45, 7) is 0.909. The number of rotatable bonds is 4. The highest BCUT2D eigenvalue weighted by atomic mass is 79.9. The van der Waals surface area contributed by atoms with E-state index in [1.54, 1.807) is 4.68 Å². The van der Waals surface area contributed by atoms with Gasteiger partial charge in [0.25, 0.3) is 5.56 Å². The van der Waals surface area contributed by atoms with Gasteiger partial charge in [0.15, 0.2) is 0 Å². The lowest BCUT2D eigenvalue weighted by atomic mass is 9.92. The Kier molecular flexibility index (Phi) is 4.83. The second-order valence-electron chi connectivity index (χ2n) is 6.98. The predicted molar refractivity (Wildman–Crippen MR) is 108 cm³/mol. The van der Waals surface area contributed by atoms with Crippen molar-refractivity contribution in [3.05, 3.63) is 86.2 Å². The van der Waals surface area contributed by atoms with Crippen molar-refractivity contribution < 1.29 is 0 Å². The molecule has 3 aromatic rings. The molecule has 1 atom stereocenters. The average molecular weight is 412 g/mol. The molecular weight excluding hydrogens is 390 g/mol. The summed E-state index contributed by atoms with van der Waals surface area (Å²) in [5.41, 5.74) is 4.29. The summed E-state index contributed by atoms with van der Waals surface area (Å²) in [5, 5.41) is 3.32. The van der Waals surface area contributed by atoms with E-state index in [0.717, 1.165) is 47.2 Å². The molecule has 0 radical (unpaired) electrons. The highest BCUT2D eigenvalue weighted by Gasteiger charge is 2.27. The van der Waals surface area contributed by atoms with Gasteiger partial charge in [-0.05, 0) is 56.1 Å². The molecule has 4 rings (SSSR count). The van der Waals surface area contributed by atoms with E-state index in [1.807, 2.05) is 30.3 Å². The molecule has 1 aliphatic rings. The van der Waals surface area contributed by atoms with Crippen LogP contribution in [0.25, 0.3) is 5.69 Å². The van der Waals surface area contributed by atoms with Gasteiger partial charge >= 0.3 is 0 Å². The summed E-state index contributed by atoms with van der Waals surface area (Å²) in [5.74, 6) is 0. The van der Waals surface area contributed by atoms with Crippen molar-refractivity contribution in [3.63, 3.8) is 0 Å². The lowest BCUT2D eigenvalue weighted by Crippen LogP contribution is -2.37. The maximum Gasteiger partial charge on any atom is 0.274 e. The van der Waals surface area contributed by atoms with Gasteiger partial charge in [0, 0.05) is 28.3 Å². The van der Waals surface area contributed by atoms with E-state index in [9.17, 15) is 4.79 Å². The molecule has 1 unspecified atom stereocenters. The number of H-pyrrole nitrogens is 1. The molecule has 1 aliphatic carbocycles. The Morgan fingerprint density at radius 1 is 1.15 bits per heavy atom. The first-order valence-electron chi connectivity index (χ1n) is 8.94. The van der Waals surface area contributed by atoms with E-state index in [1.165, 1.54) is 5.56 Å². The Labute approximate surface area is 161 Å². The SMILES string of the molecule is CN(Cc1ccccc1)C1CCc2[nH]n(-c3ccc(Br)cc3)c(=O)c2C1. The number of likely N-dealkylation sites (N-methyl/N-ethyl adjacent to an activating group) is 1. The van der Waals surface area contributed by atoms with Crippen LogP contribution in [0.5, 0.6) is 0 Å². The number of aromatic amines is 1. The van der Waals surface area contributed by atoms with Crippen LogP contribution < -0.4 is 5.56 Å². The van der Waals surface area contributed by atoms with Crippen LogP contribution in [0.4, 0.5) is 0 Å². The van der Waals surface area contributed by atoms with Crippen molar-refractivity contribution in [3.8, 4) is 5.69 Å². The number of benzene rings is 2. The third kappa shape index (κ3) is 3.41. The zero-order valence-corrected chi connectivity index (χ0v) is 16.4. The van der Waals surface area contributed by atoms with Crippen LogP contribution in [0.15, 0.2) is 63.9 Å². The summed E-state index contributed by atoms with van der Waals surface area (Å²) in [6, 6.07) is 18.7. The quantitative estimate of drug-likeness (QED) is 0.706. The van der Waals surface area contributed by atoms with E-state index in [2.05, 4.69) is 57.2 Å². The van der Waals surface area contributed by atoms with Gasteiger partial charge in [-0.1, -0.05) is 46.3 Å². The summed E-state index contributed by atoms with van der Waals surface area (Å²) < 4.78 is 2.68. The molecule has 0 bridgehead atoms. The number of hydrogen-bond acceptors (Lipinski definition) is 2. The van der Waals surface area contributed by atoms with Gasteiger partial charge < -0.3 is 0 Å². The summed E-state index contributed by atoms with van der Waals surface area (Å²) in [4.78, 5) is 15.3. The van der Waals surface area contributed by atoms with Gasteiger partial charge in [0.2, 0.25) is 0 Å². The van der Waals surface area contributed by atoms with Gasteiger partial charge in [-0.2, -0.15) is 0 Å². The third-order valence-corrected chi connectivity index (χ3v) is 5.75. The first-order chi connectivity index (χ1) is 12.6. The Bertz CT molecular complexity index is 944. The zero-order valence-electron chi connectivity index (χ0n) is 14.8. The number of nitrogens with one attached hydrogen (secondary N) is 1. The molecule has 0 aliphatic heterocycles. The molecule has 134 valence electrons. The van der Waals surface area contributed by atoms with Crippen molar-refractivity contribution in [1.29, 1.82) is 0 Å². The molecule has 0 saturated heterocycles. The van der Waals surface area contributed by atoms with Crippen molar-refractivity contribution >= 4 is 15.9 Å². The van der Waals surface area contributed by atoms with E-state index in [4.69, 9.17) is 0 Å². The molecule has 2 aromatic carbocycles. The minimum atomic E-state index is 0.0835. The van der Waals surface area contributed by atoms with Gasteiger partial charge in [0.1, 0.15) is 0 Å². The van der Waals surface area contributed by atoms with E-state index in [0.29, 0.717) is 6.04 Å². The van der Waals surface area contributed by atoms with Crippen molar-refractivity contribution in [1.82, 2.24) is 14.7 Å². The highest BCUT2D eigenvalue weighted by molar-refractivity contribution is 9.10. The molecule has 1 aromatic heterocycles. The molecule has 0 amide bonds. The zero-order chi connectivity index (χ0) is 18.1. The Hall–Kier alpha value is -2.11. The maximum absolute atomic E-state index is 12.9. The van der Waals surface area contributed by atoms with Crippen LogP contribution in [0, 0.1) is 0 Å². The van der Waals surface area contributed by atoms with Crippen LogP contribution in [0.3, 0.4) is 0 Å². The van der Waals surface area contributed by atoms with E-state index in [-0.39, 0.29) is 5.56 Å². The minimum absolute atomic E-state index is 0.0835. The second-order valence-corrected chi connectivity index (χ2v) is 7.90. The largest absolute Gasteiger partial charge is 0.299 e. The standard InChI is InChI=1S/C21H22BrN3O/c1-24(14-15-5-3-2-4-6-15)18-11-12-20-19(13-18)21(26)25(23-20)17-9-7-16(22)8-10-17/h2-10,18,23H,11-14H2,1H3. The topological polar surface area (TPSA) is 41.0 Å². The fourth-order valence-corrected chi connectivity index (χ4v) is 4.00. The van der Waals surface area contributed by atoms with E-state index < -0.39 is 0 Å². The monoisotopic (exact) mass is 411 g/mol. The lowest BCUT2D eigenvalue weighted by Gasteiger charge is -2.30. The van der Waals surface area contributed by atoms with Crippen molar-refractivity contribution in [2.75, 3.05) is 7.05 Å². The third-order valence-electron chi connectivity index (χ3n) is 5.22. The number of nitrogens with zero attached hydrogens (tertiary/aromatic N) is 2. The van der Waals surface area contributed by atoms with E-state index >= 15 is 0 Å². The number of halogens is 1. The van der Waals surface area contributed by atoms with Crippen molar-refractivity contribution in [2.45, 2.75) is 31.8 Å². The number of aromatic nitrogens is 2. The van der Waals surface area contributed by atoms with Gasteiger partial charge in [-0.15, -0.1) is 0 Å². The number of fused-ring (bicyclic) bond motifs is 1. The second kappa shape index (κ2) is 7.25. The smallest absolute Gasteiger partial charge is 0.274 e. The first kappa shape index (κ1) is 17.3. The molecule has 5 heteroatoms. The number of hydrogen-bond donors (Lipinski definition) is 1. The summed E-state index contributed by atoms with van der Waals surface area (Å²) in [6.07, 6.45) is 2.78. The summed E-state index contributed by atoms with van der Waals surface area (Å²) >= 11 is 3.44. The Morgan fingerprint density at radius 3 is 2.62 bits per heavy atom. The predicted octanol–water partition coefficient (Wildman–Crippen LogP) is 3.92. The van der Waals surface area contributed by atoms with Gasteiger partial charge in [-0.25, -0.2) is 4.68 Å². The maximum atomic E-state index is 12.9. The van der Waals surface area contributed by atoms with Crippen LogP contribution >= 0.6 is 15.9 Å². The number of aryl methyl sites for hydroxylation is 1. The van der Waals surface area contributed by atoms with Crippen LogP contribution in [-0.4, -0.2) is 27.8 Å². The first-order valence-corrected chi connectivity index (χ1v) is 9.74. The minimum Gasteiger partial charge on any atom is -0.299 e.